The van der Waals surface area contributed by atoms with E-state index in [1.54, 1.807) is 43.3 Å². The number of halogens is 3. The van der Waals surface area contributed by atoms with Gasteiger partial charge in [-0.1, -0.05) is 60.2 Å². The second kappa shape index (κ2) is 11.4. The van der Waals surface area contributed by atoms with Crippen LogP contribution in [0.5, 0.6) is 0 Å². The molecular weight excluding hydrogens is 521 g/mol. The molecule has 2 amide bonds. The first-order valence-corrected chi connectivity index (χ1v) is 12.2. The third-order valence-electron chi connectivity index (χ3n) is 6.42. The molecule has 6 nitrogen and oxygen atoms in total. The lowest BCUT2D eigenvalue weighted by atomic mass is 9.90. The summed E-state index contributed by atoms with van der Waals surface area (Å²) in [7, 11) is 1.50. The van der Waals surface area contributed by atoms with Gasteiger partial charge in [-0.2, -0.15) is 13.2 Å². The Bertz CT molecular complexity index is 1560. The SMILES string of the molecule is CNC(=O)c1cccc(-c2ccc(C(=O)O)c(C(=O)Nc3ccc(C(c4ccc(C)cc4)C(F)(F)F)cc3)c2)c1. The van der Waals surface area contributed by atoms with Crippen molar-refractivity contribution in [2.75, 3.05) is 12.4 Å². The fraction of sp³-hybridized carbons (Fsp3) is 0.129. The van der Waals surface area contributed by atoms with Gasteiger partial charge in [0.1, 0.15) is 5.92 Å². The third-order valence-corrected chi connectivity index (χ3v) is 6.42. The molecule has 9 heteroatoms. The average Bonchev–Trinajstić information content (AvgIpc) is 2.93. The number of carboxylic acid groups (broad SMARTS) is 1. The Morgan fingerprint density at radius 1 is 0.750 bits per heavy atom. The molecule has 0 saturated carbocycles. The summed E-state index contributed by atoms with van der Waals surface area (Å²) in [6.45, 7) is 1.79. The lowest BCUT2D eigenvalue weighted by molar-refractivity contribution is -0.141. The number of hydrogen-bond acceptors (Lipinski definition) is 3. The largest absolute Gasteiger partial charge is 0.478 e. The molecule has 0 saturated heterocycles. The number of carboxylic acids is 1. The van der Waals surface area contributed by atoms with Crippen LogP contribution in [0.2, 0.25) is 0 Å². The molecule has 0 spiro atoms. The molecule has 4 aromatic rings. The predicted octanol–water partition coefficient (Wildman–Crippen LogP) is 6.67. The van der Waals surface area contributed by atoms with Crippen LogP contribution in [0.25, 0.3) is 11.1 Å². The van der Waals surface area contributed by atoms with Gasteiger partial charge in [-0.05, 0) is 65.6 Å². The van der Waals surface area contributed by atoms with E-state index in [1.165, 1.54) is 61.6 Å². The van der Waals surface area contributed by atoms with Gasteiger partial charge in [0.2, 0.25) is 0 Å². The van der Waals surface area contributed by atoms with Crippen LogP contribution < -0.4 is 10.6 Å². The second-order valence-corrected chi connectivity index (χ2v) is 9.19. The molecular formula is C31H25F3N2O4. The predicted molar refractivity (Wildman–Crippen MR) is 146 cm³/mol. The average molecular weight is 547 g/mol. The lowest BCUT2D eigenvalue weighted by Gasteiger charge is -2.22. The van der Waals surface area contributed by atoms with Crippen molar-refractivity contribution in [1.29, 1.82) is 0 Å². The number of alkyl halides is 3. The maximum absolute atomic E-state index is 14.0. The van der Waals surface area contributed by atoms with Crippen molar-refractivity contribution in [2.45, 2.75) is 19.0 Å². The fourth-order valence-electron chi connectivity index (χ4n) is 4.37. The molecule has 0 aliphatic heterocycles. The van der Waals surface area contributed by atoms with Gasteiger partial charge in [-0.15, -0.1) is 0 Å². The Kier molecular flexibility index (Phi) is 8.04. The van der Waals surface area contributed by atoms with Crippen LogP contribution >= 0.6 is 0 Å². The Morgan fingerprint density at radius 2 is 1.35 bits per heavy atom. The zero-order chi connectivity index (χ0) is 29.0. The number of amides is 2. The molecule has 40 heavy (non-hydrogen) atoms. The number of anilines is 1. The van der Waals surface area contributed by atoms with E-state index in [2.05, 4.69) is 10.6 Å². The molecule has 3 N–H and O–H groups in total. The van der Waals surface area contributed by atoms with E-state index < -0.39 is 24.0 Å². The zero-order valence-electron chi connectivity index (χ0n) is 21.5. The van der Waals surface area contributed by atoms with E-state index in [4.69, 9.17) is 0 Å². The van der Waals surface area contributed by atoms with Crippen molar-refractivity contribution < 1.29 is 32.7 Å². The minimum atomic E-state index is -4.54. The van der Waals surface area contributed by atoms with Crippen LogP contribution in [0.1, 0.15) is 53.7 Å². The van der Waals surface area contributed by atoms with Gasteiger partial charge in [-0.25, -0.2) is 4.79 Å². The standard InChI is InChI=1S/C31H25F3N2O4/c1-18-6-8-19(9-7-18)27(31(32,33)34)20-10-13-24(14-11-20)36-29(38)26-17-22(12-15-25(26)30(39)40)21-4-3-5-23(16-21)28(37)35-2/h3-17,27H,1-2H3,(H,35,37)(H,36,38)(H,39,40). The van der Waals surface area contributed by atoms with E-state index in [0.29, 0.717) is 16.7 Å². The summed E-state index contributed by atoms with van der Waals surface area (Å²) < 4.78 is 41.9. The molecule has 0 radical (unpaired) electrons. The number of rotatable bonds is 7. The van der Waals surface area contributed by atoms with Crippen LogP contribution in [0, 0.1) is 6.92 Å². The maximum Gasteiger partial charge on any atom is 0.399 e. The molecule has 0 aromatic heterocycles. The normalized spacial score (nSPS) is 11.9. The van der Waals surface area contributed by atoms with Crippen LogP contribution in [0.15, 0.2) is 91.0 Å². The Morgan fingerprint density at radius 3 is 1.93 bits per heavy atom. The van der Waals surface area contributed by atoms with E-state index >= 15 is 0 Å². The summed E-state index contributed by atoms with van der Waals surface area (Å²) in [6, 6.07) is 22.2. The van der Waals surface area contributed by atoms with Gasteiger partial charge in [-0.3, -0.25) is 9.59 Å². The van der Waals surface area contributed by atoms with Crippen molar-refractivity contribution in [2.24, 2.45) is 0 Å². The molecule has 4 aromatic carbocycles. The van der Waals surface area contributed by atoms with Crippen molar-refractivity contribution in [3.63, 3.8) is 0 Å². The molecule has 4 rings (SSSR count). The first-order valence-electron chi connectivity index (χ1n) is 12.2. The number of nitrogens with one attached hydrogen (secondary N) is 2. The number of carbonyl (C=O) groups is 3. The number of aromatic carboxylic acids is 1. The number of hydrogen-bond donors (Lipinski definition) is 3. The summed E-state index contributed by atoms with van der Waals surface area (Å²) in [4.78, 5) is 37.0. The van der Waals surface area contributed by atoms with Gasteiger partial charge in [0, 0.05) is 18.3 Å². The molecule has 0 heterocycles. The Balaban J connectivity index is 1.63. The van der Waals surface area contributed by atoms with Crippen molar-refractivity contribution >= 4 is 23.5 Å². The minimum Gasteiger partial charge on any atom is -0.478 e. The van der Waals surface area contributed by atoms with Gasteiger partial charge < -0.3 is 15.7 Å². The third kappa shape index (κ3) is 6.20. The van der Waals surface area contributed by atoms with Gasteiger partial charge >= 0.3 is 12.1 Å². The summed E-state index contributed by atoms with van der Waals surface area (Å²) >= 11 is 0. The molecule has 0 aliphatic rings. The highest BCUT2D eigenvalue weighted by molar-refractivity contribution is 6.11. The number of aryl methyl sites for hydroxylation is 1. The van der Waals surface area contributed by atoms with E-state index in [1.807, 2.05) is 0 Å². The van der Waals surface area contributed by atoms with Gasteiger partial charge in [0.05, 0.1) is 11.1 Å². The monoisotopic (exact) mass is 546 g/mol. The van der Waals surface area contributed by atoms with Crippen molar-refractivity contribution in [3.8, 4) is 11.1 Å². The zero-order valence-corrected chi connectivity index (χ0v) is 21.5. The highest BCUT2D eigenvalue weighted by Gasteiger charge is 2.41. The highest BCUT2D eigenvalue weighted by atomic mass is 19.4. The highest BCUT2D eigenvalue weighted by Crippen LogP contribution is 2.40. The minimum absolute atomic E-state index is 0.00132. The van der Waals surface area contributed by atoms with Crippen LogP contribution in [0.4, 0.5) is 18.9 Å². The summed E-state index contributed by atoms with van der Waals surface area (Å²) in [5.74, 6) is -4.23. The summed E-state index contributed by atoms with van der Waals surface area (Å²) in [5.41, 5.74) is 2.21. The molecule has 0 aliphatic carbocycles. The van der Waals surface area contributed by atoms with Crippen LogP contribution in [-0.4, -0.2) is 36.1 Å². The van der Waals surface area contributed by atoms with Gasteiger partial charge in [0.25, 0.3) is 11.8 Å². The number of carbonyl (C=O) groups excluding carboxylic acids is 2. The first kappa shape index (κ1) is 28.1. The van der Waals surface area contributed by atoms with E-state index in [-0.39, 0.29) is 33.8 Å². The smallest absolute Gasteiger partial charge is 0.399 e. The first-order chi connectivity index (χ1) is 19.0. The lowest BCUT2D eigenvalue weighted by Crippen LogP contribution is -2.22. The van der Waals surface area contributed by atoms with Crippen LogP contribution in [0.3, 0.4) is 0 Å². The Labute approximate surface area is 228 Å². The summed E-state index contributed by atoms with van der Waals surface area (Å²) in [6.07, 6.45) is -4.54. The summed E-state index contributed by atoms with van der Waals surface area (Å²) in [5, 5.41) is 14.8. The topological polar surface area (TPSA) is 95.5 Å². The number of benzene rings is 4. The molecule has 204 valence electrons. The quantitative estimate of drug-likeness (QED) is 0.241. The van der Waals surface area contributed by atoms with Crippen LogP contribution in [-0.2, 0) is 0 Å². The van der Waals surface area contributed by atoms with Gasteiger partial charge in [0.15, 0.2) is 0 Å². The maximum atomic E-state index is 14.0. The Hall–Kier alpha value is -4.92. The molecule has 0 bridgehead atoms. The molecule has 1 atom stereocenters. The van der Waals surface area contributed by atoms with Crippen molar-refractivity contribution in [3.05, 3.63) is 124 Å². The van der Waals surface area contributed by atoms with Crippen molar-refractivity contribution in [1.82, 2.24) is 5.32 Å². The van der Waals surface area contributed by atoms with E-state index in [9.17, 15) is 32.7 Å². The van der Waals surface area contributed by atoms with E-state index in [0.717, 1.165) is 5.56 Å². The second-order valence-electron chi connectivity index (χ2n) is 9.19. The molecule has 0 fully saturated rings. The molecule has 1 unspecified atom stereocenters. The fourth-order valence-corrected chi connectivity index (χ4v) is 4.37.